The molecule has 4 heterocycles. The van der Waals surface area contributed by atoms with Gasteiger partial charge in [0.25, 0.3) is 0 Å². The summed E-state index contributed by atoms with van der Waals surface area (Å²) in [5, 5.41) is 6.76. The first kappa shape index (κ1) is 24.3. The van der Waals surface area contributed by atoms with Crippen LogP contribution in [0.2, 0.25) is 0 Å². The van der Waals surface area contributed by atoms with Crippen molar-refractivity contribution < 1.29 is 4.39 Å². The Labute approximate surface area is 207 Å². The zero-order valence-corrected chi connectivity index (χ0v) is 20.5. The molecule has 2 aromatic heterocycles. The van der Waals surface area contributed by atoms with Gasteiger partial charge in [0.1, 0.15) is 5.82 Å². The van der Waals surface area contributed by atoms with E-state index in [-0.39, 0.29) is 19.3 Å². The molecular weight excluding hydrogens is 447 g/mol. The molecule has 0 amide bonds. The van der Waals surface area contributed by atoms with Gasteiger partial charge < -0.3 is 20.5 Å². The molecule has 34 heavy (non-hydrogen) atoms. The number of rotatable bonds is 6. The molecule has 8 heteroatoms. The molecule has 3 N–H and O–H groups in total. The first-order valence-corrected chi connectivity index (χ1v) is 11.8. The molecule has 3 aromatic rings. The number of hydrogen-bond donors (Lipinski definition) is 3. The van der Waals surface area contributed by atoms with Crippen molar-refractivity contribution in [2.24, 2.45) is 4.99 Å². The minimum atomic E-state index is -0.220. The third-order valence-corrected chi connectivity index (χ3v) is 6.58. The Balaban J connectivity index is 0.00000274. The number of aromatic nitrogens is 2. The summed E-state index contributed by atoms with van der Waals surface area (Å²) in [7, 11) is 0. The summed E-state index contributed by atoms with van der Waals surface area (Å²) in [6.45, 7) is 7.17. The Morgan fingerprint density at radius 2 is 1.82 bits per heavy atom. The lowest BCUT2D eigenvalue weighted by molar-refractivity contribution is 0.199. The zero-order chi connectivity index (χ0) is 22.6. The molecule has 1 saturated heterocycles. The lowest BCUT2D eigenvalue weighted by atomic mass is 9.92. The Morgan fingerprint density at radius 1 is 1.09 bits per heavy atom. The summed E-state index contributed by atoms with van der Waals surface area (Å²) in [6, 6.07) is 13.4. The number of likely N-dealkylation sites (tertiary alicyclic amines) is 1. The maximum atomic E-state index is 13.5. The van der Waals surface area contributed by atoms with Crippen molar-refractivity contribution in [2.75, 3.05) is 32.7 Å². The van der Waals surface area contributed by atoms with Crippen molar-refractivity contribution in [2.45, 2.75) is 31.7 Å². The van der Waals surface area contributed by atoms with Gasteiger partial charge in [-0.2, -0.15) is 13.5 Å². The second kappa shape index (κ2) is 11.1. The van der Waals surface area contributed by atoms with E-state index in [4.69, 9.17) is 0 Å². The van der Waals surface area contributed by atoms with Crippen LogP contribution >= 0.6 is 13.5 Å². The fourth-order valence-electron chi connectivity index (χ4n) is 4.89. The zero-order valence-electron chi connectivity index (χ0n) is 19.5. The number of halogens is 1. The van der Waals surface area contributed by atoms with E-state index in [0.717, 1.165) is 73.9 Å². The molecule has 6 nitrogen and oxygen atoms in total. The Morgan fingerprint density at radius 3 is 2.50 bits per heavy atom. The van der Waals surface area contributed by atoms with E-state index in [1.807, 2.05) is 36.7 Å². The summed E-state index contributed by atoms with van der Waals surface area (Å²) in [5.74, 6) is 1.20. The number of aromatic amines is 1. The van der Waals surface area contributed by atoms with Gasteiger partial charge in [-0.15, -0.1) is 0 Å². The van der Waals surface area contributed by atoms with Crippen molar-refractivity contribution in [1.82, 2.24) is 25.5 Å². The van der Waals surface area contributed by atoms with Crippen molar-refractivity contribution in [3.05, 3.63) is 66.4 Å². The van der Waals surface area contributed by atoms with Gasteiger partial charge in [-0.05, 0) is 86.4 Å². The normalized spacial score (nSPS) is 17.5. The van der Waals surface area contributed by atoms with E-state index >= 15 is 0 Å². The second-order valence-electron chi connectivity index (χ2n) is 9.03. The van der Waals surface area contributed by atoms with Gasteiger partial charge in [0.2, 0.25) is 0 Å². The summed E-state index contributed by atoms with van der Waals surface area (Å²) in [5.41, 5.74) is 5.56. The third-order valence-electron chi connectivity index (χ3n) is 6.58. The van der Waals surface area contributed by atoms with Crippen molar-refractivity contribution in [3.63, 3.8) is 0 Å². The molecule has 0 radical (unpaired) electrons. The molecule has 5 rings (SSSR count). The molecule has 0 saturated carbocycles. The highest BCUT2D eigenvalue weighted by Gasteiger charge is 2.25. The van der Waals surface area contributed by atoms with Crippen LogP contribution in [0.25, 0.3) is 22.4 Å². The molecule has 0 aliphatic carbocycles. The number of hydrogen-bond acceptors (Lipinski definition) is 5. The van der Waals surface area contributed by atoms with E-state index in [9.17, 15) is 4.39 Å². The van der Waals surface area contributed by atoms with Crippen LogP contribution in [0, 0.1) is 5.82 Å². The largest absolute Gasteiger partial charge is 0.358 e. The Kier molecular flexibility index (Phi) is 7.90. The number of benzene rings is 1. The van der Waals surface area contributed by atoms with Crippen LogP contribution in [0.4, 0.5) is 4.39 Å². The van der Waals surface area contributed by atoms with Gasteiger partial charge in [-0.1, -0.05) is 0 Å². The van der Waals surface area contributed by atoms with E-state index in [1.165, 1.54) is 17.8 Å². The third kappa shape index (κ3) is 5.62. The Hall–Kier alpha value is -2.84. The van der Waals surface area contributed by atoms with E-state index in [0.29, 0.717) is 12.0 Å². The average molecular weight is 481 g/mol. The first-order chi connectivity index (χ1) is 16.2. The number of aliphatic imine (C=N–C) groups is 1. The van der Waals surface area contributed by atoms with Crippen LogP contribution < -0.4 is 10.6 Å². The van der Waals surface area contributed by atoms with Gasteiger partial charge in [-0.25, -0.2) is 4.39 Å². The van der Waals surface area contributed by atoms with Crippen LogP contribution in [-0.4, -0.2) is 59.6 Å². The van der Waals surface area contributed by atoms with Gasteiger partial charge >= 0.3 is 0 Å². The Bertz CT molecular complexity index is 1090. The summed E-state index contributed by atoms with van der Waals surface area (Å²) in [6.07, 6.45) is 5.86. The van der Waals surface area contributed by atoms with Crippen LogP contribution in [-0.2, 0) is 0 Å². The predicted octanol–water partition coefficient (Wildman–Crippen LogP) is 4.11. The summed E-state index contributed by atoms with van der Waals surface area (Å²) in [4.78, 5) is 14.8. The SMILES string of the molecule is C[C@@H](CN1CCC(c2cc(-c3ccncc3)c(-c3ccc(F)cc3)[nH]2)CC1)NC1=NCCN1.S. The topological polar surface area (TPSA) is 68.3 Å². The van der Waals surface area contributed by atoms with Crippen LogP contribution in [0.1, 0.15) is 31.4 Å². The minimum absolute atomic E-state index is 0. The average Bonchev–Trinajstić information content (AvgIpc) is 3.51. The van der Waals surface area contributed by atoms with Gasteiger partial charge in [0.15, 0.2) is 5.96 Å². The lowest BCUT2D eigenvalue weighted by Crippen LogP contribution is -2.47. The molecule has 0 bridgehead atoms. The van der Waals surface area contributed by atoms with Crippen LogP contribution in [0.5, 0.6) is 0 Å². The standard InChI is InChI=1S/C26H31FN6.H2S/c1-18(31-26-29-12-13-30-26)17-33-14-8-20(9-15-33)24-16-23(19-6-10-28-11-7-19)25(32-24)21-2-4-22(27)5-3-21;/h2-7,10-11,16,18,20,32H,8-9,12-15,17H2,1H3,(H2,29,30,31);1H2/t18-;/m0./s1. The van der Waals surface area contributed by atoms with E-state index < -0.39 is 0 Å². The molecular formula is C26H33FN6S. The highest BCUT2D eigenvalue weighted by atomic mass is 32.1. The molecule has 2 aliphatic heterocycles. The second-order valence-corrected chi connectivity index (χ2v) is 9.03. The number of piperidine rings is 1. The number of pyridine rings is 1. The molecule has 1 atom stereocenters. The first-order valence-electron chi connectivity index (χ1n) is 11.8. The highest BCUT2D eigenvalue weighted by molar-refractivity contribution is 7.59. The predicted molar refractivity (Wildman–Crippen MR) is 141 cm³/mol. The molecule has 2 aliphatic rings. The molecule has 0 unspecified atom stereocenters. The number of nitrogens with zero attached hydrogens (tertiary/aromatic N) is 3. The van der Waals surface area contributed by atoms with Crippen LogP contribution in [0.3, 0.4) is 0 Å². The molecule has 1 fully saturated rings. The molecule has 1 aromatic carbocycles. The van der Waals surface area contributed by atoms with Crippen LogP contribution in [0.15, 0.2) is 59.9 Å². The summed E-state index contributed by atoms with van der Waals surface area (Å²) >= 11 is 0. The lowest BCUT2D eigenvalue weighted by Gasteiger charge is -2.33. The fourth-order valence-corrected chi connectivity index (χ4v) is 4.89. The quantitative estimate of drug-likeness (QED) is 0.497. The van der Waals surface area contributed by atoms with Gasteiger partial charge in [0, 0.05) is 48.7 Å². The smallest absolute Gasteiger partial charge is 0.191 e. The monoisotopic (exact) mass is 480 g/mol. The van der Waals surface area contributed by atoms with Crippen molar-refractivity contribution in [1.29, 1.82) is 0 Å². The molecule has 0 spiro atoms. The number of nitrogens with one attached hydrogen (secondary N) is 3. The minimum Gasteiger partial charge on any atom is -0.358 e. The maximum absolute atomic E-state index is 13.5. The van der Waals surface area contributed by atoms with Gasteiger partial charge in [0.05, 0.1) is 12.2 Å². The fraction of sp³-hybridized carbons (Fsp3) is 0.385. The van der Waals surface area contributed by atoms with Crippen molar-refractivity contribution in [3.8, 4) is 22.4 Å². The number of guanidine groups is 1. The maximum Gasteiger partial charge on any atom is 0.191 e. The molecule has 180 valence electrons. The van der Waals surface area contributed by atoms with E-state index in [2.05, 4.69) is 43.5 Å². The van der Waals surface area contributed by atoms with Crippen molar-refractivity contribution >= 4 is 19.5 Å². The summed E-state index contributed by atoms with van der Waals surface area (Å²) < 4.78 is 13.5. The number of H-pyrrole nitrogens is 1. The van der Waals surface area contributed by atoms with E-state index in [1.54, 1.807) is 0 Å². The van der Waals surface area contributed by atoms with Gasteiger partial charge in [-0.3, -0.25) is 9.98 Å². The highest BCUT2D eigenvalue weighted by Crippen LogP contribution is 2.37.